The van der Waals surface area contributed by atoms with E-state index < -0.39 is 17.5 Å². The fourth-order valence-electron chi connectivity index (χ4n) is 2.44. The van der Waals surface area contributed by atoms with E-state index in [0.29, 0.717) is 12.1 Å². The predicted octanol–water partition coefficient (Wildman–Crippen LogP) is 4.41. The van der Waals surface area contributed by atoms with Gasteiger partial charge in [0, 0.05) is 12.1 Å². The highest BCUT2D eigenvalue weighted by molar-refractivity contribution is 5.19. The fraction of sp³-hybridized carbons (Fsp3) is 0.600. The molecule has 19 heavy (non-hydrogen) atoms. The Bertz CT molecular complexity index is 424. The van der Waals surface area contributed by atoms with E-state index in [1.54, 1.807) is 0 Å². The molecule has 0 unspecified atom stereocenters. The number of halogens is 3. The third kappa shape index (κ3) is 5.23. The third-order valence-corrected chi connectivity index (χ3v) is 2.79. The van der Waals surface area contributed by atoms with Gasteiger partial charge in [-0.2, -0.15) is 0 Å². The SMILES string of the molecule is CC(C)(C)CC(C)(C)NCc1cc(F)c(F)c(F)c1. The smallest absolute Gasteiger partial charge is 0.194 e. The lowest BCUT2D eigenvalue weighted by atomic mass is 9.82. The summed E-state index contributed by atoms with van der Waals surface area (Å²) in [6.45, 7) is 10.8. The molecule has 0 atom stereocenters. The molecule has 0 aliphatic heterocycles. The molecule has 0 spiro atoms. The van der Waals surface area contributed by atoms with E-state index in [-0.39, 0.29) is 11.0 Å². The average Bonchev–Trinajstić information content (AvgIpc) is 2.19. The molecule has 1 N–H and O–H groups in total. The molecule has 1 aromatic carbocycles. The van der Waals surface area contributed by atoms with E-state index in [9.17, 15) is 13.2 Å². The number of hydrogen-bond donors (Lipinski definition) is 1. The molecule has 1 rings (SSSR count). The molecule has 1 nitrogen and oxygen atoms in total. The van der Waals surface area contributed by atoms with E-state index in [1.165, 1.54) is 0 Å². The van der Waals surface area contributed by atoms with Gasteiger partial charge >= 0.3 is 0 Å². The van der Waals surface area contributed by atoms with E-state index in [2.05, 4.69) is 26.1 Å². The van der Waals surface area contributed by atoms with Crippen LogP contribution in [0, 0.1) is 22.9 Å². The minimum absolute atomic E-state index is 0.149. The molecule has 4 heteroatoms. The van der Waals surface area contributed by atoms with E-state index in [4.69, 9.17) is 0 Å². The lowest BCUT2D eigenvalue weighted by molar-refractivity contribution is 0.240. The number of benzene rings is 1. The summed E-state index contributed by atoms with van der Waals surface area (Å²) >= 11 is 0. The van der Waals surface area contributed by atoms with Crippen LogP contribution >= 0.6 is 0 Å². The van der Waals surface area contributed by atoms with Crippen LogP contribution in [0.1, 0.15) is 46.6 Å². The topological polar surface area (TPSA) is 12.0 Å². The Morgan fingerprint density at radius 2 is 1.42 bits per heavy atom. The van der Waals surface area contributed by atoms with Gasteiger partial charge < -0.3 is 5.32 Å². The minimum Gasteiger partial charge on any atom is -0.308 e. The molecule has 1 aromatic rings. The summed E-state index contributed by atoms with van der Waals surface area (Å²) in [7, 11) is 0. The van der Waals surface area contributed by atoms with Crippen molar-refractivity contribution in [3.8, 4) is 0 Å². The van der Waals surface area contributed by atoms with Crippen LogP contribution in [0.4, 0.5) is 13.2 Å². The lowest BCUT2D eigenvalue weighted by Gasteiger charge is -2.33. The standard InChI is InChI=1S/C15H22F3N/c1-14(2,3)9-15(4,5)19-8-10-6-11(16)13(18)12(17)7-10/h6-7,19H,8-9H2,1-5H3. The van der Waals surface area contributed by atoms with Crippen molar-refractivity contribution in [1.29, 1.82) is 0 Å². The largest absolute Gasteiger partial charge is 0.308 e. The van der Waals surface area contributed by atoms with Crippen LogP contribution in [0.2, 0.25) is 0 Å². The molecular weight excluding hydrogens is 251 g/mol. The Hall–Kier alpha value is -1.03. The Balaban J connectivity index is 2.72. The maximum absolute atomic E-state index is 13.1. The fourth-order valence-corrected chi connectivity index (χ4v) is 2.44. The van der Waals surface area contributed by atoms with Crippen LogP contribution in [0.15, 0.2) is 12.1 Å². The van der Waals surface area contributed by atoms with Crippen molar-refractivity contribution in [2.45, 2.75) is 53.1 Å². The maximum Gasteiger partial charge on any atom is 0.194 e. The number of rotatable bonds is 4. The van der Waals surface area contributed by atoms with Gasteiger partial charge in [-0.05, 0) is 43.4 Å². The third-order valence-electron chi connectivity index (χ3n) is 2.79. The van der Waals surface area contributed by atoms with Crippen LogP contribution < -0.4 is 5.32 Å². The molecule has 0 radical (unpaired) electrons. The zero-order chi connectivity index (χ0) is 14.8. The van der Waals surface area contributed by atoms with Crippen LogP contribution in [0.5, 0.6) is 0 Å². The molecular formula is C15H22F3N. The van der Waals surface area contributed by atoms with Gasteiger partial charge in [-0.15, -0.1) is 0 Å². The van der Waals surface area contributed by atoms with Crippen LogP contribution in [0.25, 0.3) is 0 Å². The summed E-state index contributed by atoms with van der Waals surface area (Å²) in [5.41, 5.74) is 0.383. The van der Waals surface area contributed by atoms with Gasteiger partial charge in [0.25, 0.3) is 0 Å². The molecule has 0 saturated carbocycles. The first-order valence-corrected chi connectivity index (χ1v) is 6.39. The molecule has 0 heterocycles. The summed E-state index contributed by atoms with van der Waals surface area (Å²) in [6.07, 6.45) is 0.909. The second-order valence-electron chi connectivity index (χ2n) is 6.85. The second kappa shape index (κ2) is 5.53. The van der Waals surface area contributed by atoms with Crippen LogP contribution in [-0.4, -0.2) is 5.54 Å². The highest BCUT2D eigenvalue weighted by Crippen LogP contribution is 2.27. The first-order chi connectivity index (χ1) is 8.50. The second-order valence-corrected chi connectivity index (χ2v) is 6.85. The van der Waals surface area contributed by atoms with Crippen molar-refractivity contribution < 1.29 is 13.2 Å². The van der Waals surface area contributed by atoms with E-state index in [1.807, 2.05) is 13.8 Å². The molecule has 0 aliphatic rings. The van der Waals surface area contributed by atoms with Crippen molar-refractivity contribution in [3.63, 3.8) is 0 Å². The van der Waals surface area contributed by atoms with Crippen molar-refractivity contribution in [2.75, 3.05) is 0 Å². The van der Waals surface area contributed by atoms with Crippen LogP contribution in [0.3, 0.4) is 0 Å². The highest BCUT2D eigenvalue weighted by atomic mass is 19.2. The normalized spacial score (nSPS) is 12.8. The molecule has 0 bridgehead atoms. The summed E-state index contributed by atoms with van der Waals surface area (Å²) in [5.74, 6) is -3.71. The molecule has 0 fully saturated rings. The van der Waals surface area contributed by atoms with Gasteiger partial charge in [-0.25, -0.2) is 13.2 Å². The molecule has 0 aliphatic carbocycles. The summed E-state index contributed by atoms with van der Waals surface area (Å²) in [4.78, 5) is 0. The quantitative estimate of drug-likeness (QED) is 0.801. The highest BCUT2D eigenvalue weighted by Gasteiger charge is 2.25. The Kier molecular flexibility index (Phi) is 4.67. The Morgan fingerprint density at radius 3 is 1.84 bits per heavy atom. The number of nitrogens with one attached hydrogen (secondary N) is 1. The van der Waals surface area contributed by atoms with Gasteiger partial charge in [-0.3, -0.25) is 0 Å². The first-order valence-electron chi connectivity index (χ1n) is 6.39. The Labute approximate surface area is 113 Å². The molecule has 0 aromatic heterocycles. The molecule has 0 saturated heterocycles. The summed E-state index contributed by atoms with van der Waals surface area (Å²) in [5, 5.41) is 3.25. The zero-order valence-electron chi connectivity index (χ0n) is 12.2. The van der Waals surface area contributed by atoms with Crippen molar-refractivity contribution in [2.24, 2.45) is 5.41 Å². The van der Waals surface area contributed by atoms with Crippen molar-refractivity contribution in [3.05, 3.63) is 35.1 Å². The van der Waals surface area contributed by atoms with Crippen LogP contribution in [-0.2, 0) is 6.54 Å². The van der Waals surface area contributed by atoms with Gasteiger partial charge in [0.2, 0.25) is 0 Å². The lowest BCUT2D eigenvalue weighted by Crippen LogP contribution is -2.41. The summed E-state index contributed by atoms with van der Waals surface area (Å²) < 4.78 is 39.0. The average molecular weight is 273 g/mol. The van der Waals surface area contributed by atoms with Gasteiger partial charge in [0.1, 0.15) is 0 Å². The first kappa shape index (κ1) is 16.0. The van der Waals surface area contributed by atoms with E-state index >= 15 is 0 Å². The Morgan fingerprint density at radius 1 is 0.947 bits per heavy atom. The zero-order valence-corrected chi connectivity index (χ0v) is 12.2. The predicted molar refractivity (Wildman–Crippen MR) is 71.3 cm³/mol. The van der Waals surface area contributed by atoms with E-state index in [0.717, 1.165) is 18.6 Å². The van der Waals surface area contributed by atoms with Crippen molar-refractivity contribution in [1.82, 2.24) is 5.32 Å². The molecule has 108 valence electrons. The number of hydrogen-bond acceptors (Lipinski definition) is 1. The minimum atomic E-state index is -1.42. The maximum atomic E-state index is 13.1. The van der Waals surface area contributed by atoms with Gasteiger partial charge in [-0.1, -0.05) is 20.8 Å². The van der Waals surface area contributed by atoms with Crippen molar-refractivity contribution >= 4 is 0 Å². The van der Waals surface area contributed by atoms with Gasteiger partial charge in [0.05, 0.1) is 0 Å². The molecule has 0 amide bonds. The summed E-state index contributed by atoms with van der Waals surface area (Å²) in [6, 6.07) is 2.05. The monoisotopic (exact) mass is 273 g/mol. The van der Waals surface area contributed by atoms with Gasteiger partial charge in [0.15, 0.2) is 17.5 Å².